The maximum atomic E-state index is 9.59. The largest absolute Gasteiger partial charge is 0.455 e. The van der Waals surface area contributed by atoms with Crippen LogP contribution in [0.1, 0.15) is 13.7 Å². The van der Waals surface area contributed by atoms with Gasteiger partial charge in [0.25, 0.3) is 0 Å². The molecule has 0 aliphatic carbocycles. The molecule has 0 aliphatic heterocycles. The standard InChI is InChI=1S/C51H31N5O/c1-4-15-32(16-5-1)49-52-50(33-17-6-2-7-18-33)54-51(53-49)42-24-14-23-41-38-28-27-35(31-45(38)57-48(41)42)56-44-26-13-11-22-37(44)40-30-29-39-36-21-10-12-25-43(36)55(46(39)47(40)56)34-19-8-3-9-20-34/h1-31H/i10D,11D,12D,13D,21D,22D,25D,26D,29D,30D. The molecule has 0 aliphatic rings. The molecule has 0 fully saturated rings. The Bertz CT molecular complexity index is 4040. The summed E-state index contributed by atoms with van der Waals surface area (Å²) < 4.78 is 101. The highest BCUT2D eigenvalue weighted by Crippen LogP contribution is 2.43. The minimum absolute atomic E-state index is 0.0103. The molecule has 0 saturated carbocycles. The SMILES string of the molecule is [2H]c1c([2H])c([2H])c2c(c1[2H])c1c([2H])c([2H])c3c4c([2H])c([2H])c([2H])c([2H])c4n(-c4ccc5c(c4)oc4c(-c6nc(-c7ccccc7)nc(-c7ccccc7)n6)cccc45)c3c1n2-c1ccccc1. The van der Waals surface area contributed by atoms with Crippen molar-refractivity contribution < 1.29 is 18.1 Å². The van der Waals surface area contributed by atoms with Gasteiger partial charge in [0.15, 0.2) is 17.5 Å². The van der Waals surface area contributed by atoms with Gasteiger partial charge in [-0.15, -0.1) is 0 Å². The van der Waals surface area contributed by atoms with Crippen LogP contribution >= 0.6 is 0 Å². The second kappa shape index (κ2) is 12.3. The van der Waals surface area contributed by atoms with Gasteiger partial charge >= 0.3 is 0 Å². The van der Waals surface area contributed by atoms with E-state index in [2.05, 4.69) is 0 Å². The molecule has 0 amide bonds. The zero-order chi connectivity index (χ0) is 46.2. The number of hydrogen-bond donors (Lipinski definition) is 0. The van der Waals surface area contributed by atoms with Gasteiger partial charge in [-0.2, -0.15) is 0 Å². The summed E-state index contributed by atoms with van der Waals surface area (Å²) in [5.41, 5.74) is 4.55. The molecule has 0 unspecified atom stereocenters. The van der Waals surface area contributed by atoms with Gasteiger partial charge in [-0.25, -0.2) is 15.0 Å². The van der Waals surface area contributed by atoms with Crippen LogP contribution in [0.15, 0.2) is 192 Å². The Morgan fingerprint density at radius 1 is 0.421 bits per heavy atom. The maximum Gasteiger partial charge on any atom is 0.167 e. The third kappa shape index (κ3) is 4.81. The normalized spacial score (nSPS) is 14.3. The van der Waals surface area contributed by atoms with Crippen molar-refractivity contribution in [1.82, 2.24) is 24.1 Å². The molecule has 6 heteroatoms. The molecule has 0 radical (unpaired) electrons. The quantitative estimate of drug-likeness (QED) is 0.176. The fourth-order valence-electron chi connectivity index (χ4n) is 7.93. The van der Waals surface area contributed by atoms with Crippen LogP contribution in [-0.2, 0) is 0 Å². The molecule has 57 heavy (non-hydrogen) atoms. The van der Waals surface area contributed by atoms with Gasteiger partial charge in [-0.3, -0.25) is 0 Å². The summed E-state index contributed by atoms with van der Waals surface area (Å²) in [6.45, 7) is 0. The highest BCUT2D eigenvalue weighted by molar-refractivity contribution is 6.24. The van der Waals surface area contributed by atoms with Crippen molar-refractivity contribution in [2.24, 2.45) is 0 Å². The van der Waals surface area contributed by atoms with E-state index in [-0.39, 0.29) is 73.8 Å². The van der Waals surface area contributed by atoms with E-state index in [1.165, 1.54) is 0 Å². The summed E-state index contributed by atoms with van der Waals surface area (Å²) in [5.74, 6) is 1.34. The first-order valence-corrected chi connectivity index (χ1v) is 18.3. The fraction of sp³-hybridized carbons (Fsp3) is 0. The first-order chi connectivity index (χ1) is 32.4. The lowest BCUT2D eigenvalue weighted by Crippen LogP contribution is -2.00. The van der Waals surface area contributed by atoms with Gasteiger partial charge in [0.2, 0.25) is 0 Å². The van der Waals surface area contributed by atoms with Gasteiger partial charge in [-0.05, 0) is 42.4 Å². The Morgan fingerprint density at radius 2 is 0.965 bits per heavy atom. The van der Waals surface area contributed by atoms with Crippen molar-refractivity contribution in [3.63, 3.8) is 0 Å². The van der Waals surface area contributed by atoms with E-state index >= 15 is 0 Å². The molecule has 0 saturated heterocycles. The van der Waals surface area contributed by atoms with Crippen molar-refractivity contribution in [2.75, 3.05) is 0 Å². The van der Waals surface area contributed by atoms with Crippen LogP contribution in [0.5, 0.6) is 0 Å². The van der Waals surface area contributed by atoms with Crippen molar-refractivity contribution >= 4 is 65.6 Å². The average Bonchev–Trinajstić information content (AvgIpc) is 4.05. The monoisotopic (exact) mass is 739 g/mol. The van der Waals surface area contributed by atoms with E-state index in [0.717, 1.165) is 21.9 Å². The van der Waals surface area contributed by atoms with Crippen molar-refractivity contribution in [3.8, 4) is 45.5 Å². The summed E-state index contributed by atoms with van der Waals surface area (Å²) in [6, 6.07) is 35.0. The van der Waals surface area contributed by atoms with Crippen LogP contribution in [0, 0.1) is 0 Å². The van der Waals surface area contributed by atoms with Gasteiger partial charge in [0, 0.05) is 55.2 Å². The predicted octanol–water partition coefficient (Wildman–Crippen LogP) is 13.0. The molecule has 4 heterocycles. The first kappa shape index (κ1) is 23.2. The van der Waals surface area contributed by atoms with E-state index in [4.69, 9.17) is 26.2 Å². The van der Waals surface area contributed by atoms with Gasteiger partial charge < -0.3 is 13.6 Å². The van der Waals surface area contributed by atoms with Crippen LogP contribution in [0.25, 0.3) is 111 Å². The predicted molar refractivity (Wildman–Crippen MR) is 232 cm³/mol. The van der Waals surface area contributed by atoms with Crippen LogP contribution in [0.2, 0.25) is 0 Å². The summed E-state index contributed by atoms with van der Waals surface area (Å²) in [4.78, 5) is 14.8. The van der Waals surface area contributed by atoms with Crippen LogP contribution in [0.4, 0.5) is 0 Å². The number of nitrogens with zero attached hydrogens (tertiary/aromatic N) is 5. The molecule has 0 atom stereocenters. The average molecular weight is 740 g/mol. The van der Waals surface area contributed by atoms with Crippen LogP contribution < -0.4 is 0 Å². The van der Waals surface area contributed by atoms with E-state index in [0.29, 0.717) is 45.6 Å². The molecule has 0 bridgehead atoms. The topological polar surface area (TPSA) is 61.7 Å². The molecule has 8 aromatic carbocycles. The Labute approximate surface area is 340 Å². The van der Waals surface area contributed by atoms with Crippen molar-refractivity contribution in [1.29, 1.82) is 0 Å². The lowest BCUT2D eigenvalue weighted by Gasteiger charge is -2.12. The van der Waals surface area contributed by atoms with Crippen LogP contribution in [-0.4, -0.2) is 24.1 Å². The lowest BCUT2D eigenvalue weighted by atomic mass is 10.1. The number of rotatable bonds is 5. The molecular weight excluding hydrogens is 699 g/mol. The molecular formula is C51H31N5O. The zero-order valence-corrected chi connectivity index (χ0v) is 29.8. The molecule has 266 valence electrons. The number of fused-ring (bicyclic) bond motifs is 10. The Hall–Kier alpha value is -7.83. The van der Waals surface area contributed by atoms with Gasteiger partial charge in [0.05, 0.1) is 47.0 Å². The number of furan rings is 1. The highest BCUT2D eigenvalue weighted by Gasteiger charge is 2.23. The van der Waals surface area contributed by atoms with Crippen LogP contribution in [0.3, 0.4) is 0 Å². The van der Waals surface area contributed by atoms with E-state index in [1.807, 2.05) is 84.9 Å². The summed E-state index contributed by atoms with van der Waals surface area (Å²) in [6.07, 6.45) is 0. The Kier molecular flexibility index (Phi) is 5.02. The van der Waals surface area contributed by atoms with Crippen molar-refractivity contribution in [2.45, 2.75) is 0 Å². The smallest absolute Gasteiger partial charge is 0.167 e. The second-order valence-corrected chi connectivity index (χ2v) is 13.7. The molecule has 4 aromatic heterocycles. The summed E-state index contributed by atoms with van der Waals surface area (Å²) in [5, 5.41) is 1.65. The Morgan fingerprint density at radius 3 is 1.58 bits per heavy atom. The zero-order valence-electron chi connectivity index (χ0n) is 39.8. The second-order valence-electron chi connectivity index (χ2n) is 13.7. The molecule has 6 nitrogen and oxygen atoms in total. The van der Waals surface area contributed by atoms with Gasteiger partial charge in [-0.1, -0.05) is 139 Å². The first-order valence-electron chi connectivity index (χ1n) is 23.3. The minimum Gasteiger partial charge on any atom is -0.455 e. The highest BCUT2D eigenvalue weighted by atomic mass is 16.3. The molecule has 12 rings (SSSR count). The maximum absolute atomic E-state index is 9.59. The third-order valence-electron chi connectivity index (χ3n) is 10.4. The van der Waals surface area contributed by atoms with E-state index < -0.39 is 30.2 Å². The number of benzene rings is 8. The lowest BCUT2D eigenvalue weighted by molar-refractivity contribution is 0.669. The fourth-order valence-corrected chi connectivity index (χ4v) is 7.93. The Balaban J connectivity index is 1.20. The third-order valence-corrected chi connectivity index (χ3v) is 10.4. The van der Waals surface area contributed by atoms with E-state index in [9.17, 15) is 6.85 Å². The summed E-state index contributed by atoms with van der Waals surface area (Å²) in [7, 11) is 0. The number of para-hydroxylation sites is 4. The number of hydrogen-bond acceptors (Lipinski definition) is 4. The van der Waals surface area contributed by atoms with Crippen molar-refractivity contribution in [3.05, 3.63) is 188 Å². The minimum atomic E-state index is -0.518. The number of aromatic nitrogens is 5. The van der Waals surface area contributed by atoms with E-state index in [1.54, 1.807) is 51.6 Å². The molecule has 0 spiro atoms. The molecule has 0 N–H and O–H groups in total. The summed E-state index contributed by atoms with van der Waals surface area (Å²) >= 11 is 0. The van der Waals surface area contributed by atoms with Gasteiger partial charge in [0.1, 0.15) is 11.2 Å². The molecule has 12 aromatic rings.